The third-order valence-corrected chi connectivity index (χ3v) is 12.3. The average Bonchev–Trinajstić information content (AvgIpc) is 2.39. The van der Waals surface area contributed by atoms with E-state index in [0.29, 0.717) is 0 Å². The van der Waals surface area contributed by atoms with Crippen LogP contribution in [-0.4, -0.2) is 37.6 Å². The molecule has 0 radical (unpaired) electrons. The summed E-state index contributed by atoms with van der Waals surface area (Å²) in [6, 6.07) is 5.09. The molecule has 0 saturated heterocycles. The van der Waals surface area contributed by atoms with E-state index < -0.39 is 16.8 Å². The van der Waals surface area contributed by atoms with Crippen LogP contribution >= 0.6 is 0 Å². The maximum absolute atomic E-state index is 5.50. The number of nitrogens with one attached hydrogen (secondary N) is 1. The molecule has 0 aromatic heterocycles. The smallest absolute Gasteiger partial charge is 0.334 e. The van der Waals surface area contributed by atoms with Crippen molar-refractivity contribution in [3.05, 3.63) is 0 Å². The van der Waals surface area contributed by atoms with Crippen molar-refractivity contribution in [2.24, 2.45) is 0 Å². The van der Waals surface area contributed by atoms with Gasteiger partial charge in [-0.1, -0.05) is 20.8 Å². The fourth-order valence-electron chi connectivity index (χ4n) is 2.18. The first-order valence-electron chi connectivity index (χ1n) is 6.86. The van der Waals surface area contributed by atoms with Gasteiger partial charge >= 0.3 is 8.56 Å². The van der Waals surface area contributed by atoms with Gasteiger partial charge in [0, 0.05) is 14.2 Å². The van der Waals surface area contributed by atoms with E-state index in [0.717, 1.165) is 12.6 Å². The third kappa shape index (κ3) is 5.65. The first kappa shape index (κ1) is 17.3. The fraction of sp³-hybridized carbons (Fsp3) is 1.00. The van der Waals surface area contributed by atoms with Gasteiger partial charge in [-0.25, -0.2) is 0 Å². The lowest BCUT2D eigenvalue weighted by molar-refractivity contribution is 0.248. The molecule has 0 amide bonds. The molecule has 0 bridgehead atoms. The van der Waals surface area contributed by atoms with Crippen LogP contribution in [0.2, 0.25) is 30.7 Å². The maximum Gasteiger partial charge on any atom is 0.334 e. The molecule has 0 aromatic rings. The Morgan fingerprint density at radius 3 is 1.76 bits per heavy atom. The Balaban J connectivity index is 3.98. The highest BCUT2D eigenvalue weighted by Crippen LogP contribution is 2.18. The summed E-state index contributed by atoms with van der Waals surface area (Å²) >= 11 is 0. The SMILES string of the molecule is CC[Si](CC)(CC)NCCC[Si](C)(OC)OC. The van der Waals surface area contributed by atoms with E-state index >= 15 is 0 Å². The predicted molar refractivity (Wildman–Crippen MR) is 80.3 cm³/mol. The standard InChI is InChI=1S/C12H31NO2Si2/c1-7-17(8-2,9-3)13-11-10-12-16(6,14-4)15-5/h13H,7-12H2,1-6H3. The zero-order chi connectivity index (χ0) is 13.4. The van der Waals surface area contributed by atoms with Crippen LogP contribution in [0.25, 0.3) is 0 Å². The van der Waals surface area contributed by atoms with Gasteiger partial charge in [-0.3, -0.25) is 0 Å². The largest absolute Gasteiger partial charge is 0.398 e. The highest BCUT2D eigenvalue weighted by atomic mass is 28.4. The molecule has 0 unspecified atom stereocenters. The van der Waals surface area contributed by atoms with Gasteiger partial charge in [-0.2, -0.15) is 0 Å². The Kier molecular flexibility index (Phi) is 8.58. The molecule has 0 aliphatic heterocycles. The van der Waals surface area contributed by atoms with Gasteiger partial charge in [0.25, 0.3) is 0 Å². The Morgan fingerprint density at radius 1 is 0.941 bits per heavy atom. The Bertz CT molecular complexity index is 187. The van der Waals surface area contributed by atoms with E-state index in [1.54, 1.807) is 14.2 Å². The average molecular weight is 278 g/mol. The van der Waals surface area contributed by atoms with Gasteiger partial charge in [-0.05, 0) is 43.7 Å². The number of hydrogen-bond acceptors (Lipinski definition) is 3. The highest BCUT2D eigenvalue weighted by Gasteiger charge is 2.29. The van der Waals surface area contributed by atoms with E-state index in [1.807, 2.05) is 0 Å². The first-order chi connectivity index (χ1) is 8.01. The lowest BCUT2D eigenvalue weighted by atomic mass is 10.5. The summed E-state index contributed by atoms with van der Waals surface area (Å²) in [7, 11) is 0.541. The molecule has 0 fully saturated rings. The van der Waals surface area contributed by atoms with Crippen molar-refractivity contribution in [3.8, 4) is 0 Å². The minimum Gasteiger partial charge on any atom is -0.398 e. The summed E-state index contributed by atoms with van der Waals surface area (Å²) in [4.78, 5) is 3.85. The molecular weight excluding hydrogens is 246 g/mol. The van der Waals surface area contributed by atoms with Gasteiger partial charge in [0.15, 0.2) is 0 Å². The predicted octanol–water partition coefficient (Wildman–Crippen LogP) is 3.34. The molecule has 5 heteroatoms. The molecule has 104 valence electrons. The Morgan fingerprint density at radius 2 is 1.41 bits per heavy atom. The molecule has 0 aliphatic carbocycles. The minimum absolute atomic E-state index is 1.08. The molecule has 0 rings (SSSR count). The second kappa shape index (κ2) is 8.42. The molecule has 0 atom stereocenters. The molecule has 0 aromatic carbocycles. The molecular formula is C12H31NO2Si2. The lowest BCUT2D eigenvalue weighted by Crippen LogP contribution is -2.49. The van der Waals surface area contributed by atoms with Gasteiger partial charge in [0.05, 0.1) is 0 Å². The van der Waals surface area contributed by atoms with E-state index in [4.69, 9.17) is 8.85 Å². The molecule has 0 heterocycles. The van der Waals surface area contributed by atoms with Crippen molar-refractivity contribution < 1.29 is 8.85 Å². The topological polar surface area (TPSA) is 30.5 Å². The maximum atomic E-state index is 5.50. The van der Waals surface area contributed by atoms with Crippen molar-refractivity contribution in [3.63, 3.8) is 0 Å². The van der Waals surface area contributed by atoms with E-state index in [1.165, 1.54) is 24.6 Å². The summed E-state index contributed by atoms with van der Waals surface area (Å²) in [5, 5.41) is 0. The quantitative estimate of drug-likeness (QED) is 0.491. The molecule has 1 N–H and O–H groups in total. The Labute approximate surface area is 110 Å². The van der Waals surface area contributed by atoms with Crippen molar-refractivity contribution in [2.45, 2.75) is 57.9 Å². The monoisotopic (exact) mass is 277 g/mol. The molecule has 0 saturated carbocycles. The summed E-state index contributed by atoms with van der Waals surface area (Å²) in [5.41, 5.74) is 0. The van der Waals surface area contributed by atoms with Gasteiger partial charge in [0.2, 0.25) is 0 Å². The van der Waals surface area contributed by atoms with Crippen LogP contribution < -0.4 is 4.98 Å². The second-order valence-electron chi connectivity index (χ2n) is 4.91. The van der Waals surface area contributed by atoms with E-state index in [-0.39, 0.29) is 0 Å². The second-order valence-corrected chi connectivity index (χ2v) is 13.5. The molecule has 3 nitrogen and oxygen atoms in total. The highest BCUT2D eigenvalue weighted by molar-refractivity contribution is 6.77. The van der Waals surface area contributed by atoms with E-state index in [9.17, 15) is 0 Å². The number of rotatable bonds is 10. The molecule has 0 aliphatic rings. The third-order valence-electron chi connectivity index (χ3n) is 4.20. The Hall–Kier alpha value is 0.314. The summed E-state index contributed by atoms with van der Waals surface area (Å²) in [6.07, 6.45) is 1.17. The van der Waals surface area contributed by atoms with Crippen LogP contribution in [0, 0.1) is 0 Å². The molecule has 0 spiro atoms. The first-order valence-corrected chi connectivity index (χ1v) is 12.0. The minimum atomic E-state index is -1.85. The van der Waals surface area contributed by atoms with Crippen molar-refractivity contribution >= 4 is 16.8 Å². The van der Waals surface area contributed by atoms with Crippen LogP contribution in [0.3, 0.4) is 0 Å². The molecule has 17 heavy (non-hydrogen) atoms. The number of hydrogen-bond donors (Lipinski definition) is 1. The summed E-state index contributed by atoms with van der Waals surface area (Å²) in [6.45, 7) is 10.2. The van der Waals surface area contributed by atoms with Gasteiger partial charge in [0.1, 0.15) is 8.24 Å². The zero-order valence-electron chi connectivity index (χ0n) is 12.6. The van der Waals surface area contributed by atoms with E-state index in [2.05, 4.69) is 32.3 Å². The van der Waals surface area contributed by atoms with Crippen LogP contribution in [0.5, 0.6) is 0 Å². The summed E-state index contributed by atoms with van der Waals surface area (Å²) < 4.78 is 11.0. The fourth-order valence-corrected chi connectivity index (χ4v) is 6.53. The van der Waals surface area contributed by atoms with Crippen molar-refractivity contribution in [2.75, 3.05) is 20.8 Å². The lowest BCUT2D eigenvalue weighted by Gasteiger charge is -2.30. The van der Waals surface area contributed by atoms with Crippen molar-refractivity contribution in [1.82, 2.24) is 4.98 Å². The summed E-state index contributed by atoms with van der Waals surface area (Å²) in [5.74, 6) is 0. The zero-order valence-corrected chi connectivity index (χ0v) is 14.6. The van der Waals surface area contributed by atoms with Crippen LogP contribution in [0.4, 0.5) is 0 Å². The van der Waals surface area contributed by atoms with Crippen LogP contribution in [-0.2, 0) is 8.85 Å². The van der Waals surface area contributed by atoms with Gasteiger partial charge in [-0.15, -0.1) is 0 Å². The van der Waals surface area contributed by atoms with Crippen molar-refractivity contribution in [1.29, 1.82) is 0 Å². The normalized spacial score (nSPS) is 13.1. The van der Waals surface area contributed by atoms with Crippen LogP contribution in [0.15, 0.2) is 0 Å². The van der Waals surface area contributed by atoms with Gasteiger partial charge < -0.3 is 13.8 Å². The van der Waals surface area contributed by atoms with Crippen LogP contribution in [0.1, 0.15) is 27.2 Å².